The Bertz CT molecular complexity index is 238. The van der Waals surface area contributed by atoms with Gasteiger partial charge in [0.2, 0.25) is 0 Å². The maximum Gasteiger partial charge on any atom is 0.356 e. The van der Waals surface area contributed by atoms with E-state index in [4.69, 9.17) is 16.7 Å². The molecular formula is C7H13N3O2S. The molecule has 1 saturated carbocycles. The highest BCUT2D eigenvalue weighted by atomic mass is 32.2. The van der Waals surface area contributed by atoms with Gasteiger partial charge >= 0.3 is 5.97 Å². The van der Waals surface area contributed by atoms with E-state index in [2.05, 4.69) is 5.43 Å². The predicted octanol–water partition coefficient (Wildman–Crippen LogP) is -0.0522. The maximum atomic E-state index is 10.6. The summed E-state index contributed by atoms with van der Waals surface area (Å²) in [7, 11) is 0. The first-order valence-corrected chi connectivity index (χ1v) is 4.89. The fourth-order valence-corrected chi connectivity index (χ4v) is 2.16. The highest BCUT2D eigenvalue weighted by Gasteiger charge is 2.21. The van der Waals surface area contributed by atoms with Gasteiger partial charge in [-0.1, -0.05) is 6.42 Å². The van der Waals surface area contributed by atoms with Crippen LogP contribution in [0.2, 0.25) is 0 Å². The molecule has 1 aliphatic carbocycles. The molecule has 5 nitrogen and oxygen atoms in total. The molecule has 0 saturated heterocycles. The molecule has 6 N–H and O–H groups in total. The van der Waals surface area contributed by atoms with Crippen LogP contribution < -0.4 is 17.0 Å². The van der Waals surface area contributed by atoms with Crippen LogP contribution in [0.5, 0.6) is 0 Å². The van der Waals surface area contributed by atoms with E-state index >= 15 is 0 Å². The van der Waals surface area contributed by atoms with Crippen molar-refractivity contribution in [1.29, 1.82) is 0 Å². The molecule has 6 heteroatoms. The van der Waals surface area contributed by atoms with Crippen molar-refractivity contribution in [3.8, 4) is 0 Å². The van der Waals surface area contributed by atoms with Crippen LogP contribution in [0.3, 0.4) is 0 Å². The molecule has 0 radical (unpaired) electrons. The van der Waals surface area contributed by atoms with Crippen molar-refractivity contribution in [2.75, 3.05) is 0 Å². The van der Waals surface area contributed by atoms with Crippen molar-refractivity contribution in [2.24, 2.45) is 11.6 Å². The van der Waals surface area contributed by atoms with Gasteiger partial charge in [-0.25, -0.2) is 4.79 Å². The molecule has 74 valence electrons. The number of hydrogen-bond donors (Lipinski definition) is 4. The van der Waals surface area contributed by atoms with Crippen molar-refractivity contribution in [2.45, 2.75) is 24.5 Å². The van der Waals surface area contributed by atoms with Crippen LogP contribution >= 0.6 is 11.8 Å². The van der Waals surface area contributed by atoms with Crippen molar-refractivity contribution < 1.29 is 9.90 Å². The Morgan fingerprint density at radius 3 is 2.46 bits per heavy atom. The lowest BCUT2D eigenvalue weighted by Gasteiger charge is -2.24. The molecule has 0 unspecified atom stereocenters. The molecular weight excluding hydrogens is 190 g/mol. The number of nitrogens with two attached hydrogens (primary N) is 2. The minimum absolute atomic E-state index is 0.114. The van der Waals surface area contributed by atoms with Crippen molar-refractivity contribution in [1.82, 2.24) is 5.43 Å². The largest absolute Gasteiger partial charge is 0.476 e. The first kappa shape index (κ1) is 10.2. The second-order valence-corrected chi connectivity index (χ2v) is 4.20. The predicted molar refractivity (Wildman–Crippen MR) is 51.4 cm³/mol. The van der Waals surface area contributed by atoms with Gasteiger partial charge < -0.3 is 16.3 Å². The standard InChI is InChI=1S/C7H13N3O2S/c8-6(5(10-9)7(11)12)13-4-2-1-3-4/h4,10H,1-3,8-9H2,(H,11,12)/b6-5+. The van der Waals surface area contributed by atoms with E-state index in [9.17, 15) is 4.79 Å². The summed E-state index contributed by atoms with van der Waals surface area (Å²) in [6, 6.07) is 0. The lowest BCUT2D eigenvalue weighted by Crippen LogP contribution is -2.30. The number of thioether (sulfide) groups is 1. The first-order chi connectivity index (χ1) is 6.15. The number of carbonyl (C=O) groups is 1. The molecule has 1 aliphatic rings. The van der Waals surface area contributed by atoms with E-state index in [1.165, 1.54) is 18.2 Å². The van der Waals surface area contributed by atoms with Crippen molar-refractivity contribution >= 4 is 17.7 Å². The smallest absolute Gasteiger partial charge is 0.356 e. The fraction of sp³-hybridized carbons (Fsp3) is 0.571. The van der Waals surface area contributed by atoms with E-state index in [0.29, 0.717) is 5.25 Å². The monoisotopic (exact) mass is 203 g/mol. The number of rotatable bonds is 4. The molecule has 0 aliphatic heterocycles. The van der Waals surface area contributed by atoms with Gasteiger partial charge in [0, 0.05) is 5.25 Å². The third-order valence-electron chi connectivity index (χ3n) is 1.95. The summed E-state index contributed by atoms with van der Waals surface area (Å²) >= 11 is 1.38. The van der Waals surface area contributed by atoms with Crippen molar-refractivity contribution in [3.63, 3.8) is 0 Å². The zero-order valence-corrected chi connectivity index (χ0v) is 7.93. The lowest BCUT2D eigenvalue weighted by atomic mass is 10.0. The lowest BCUT2D eigenvalue weighted by molar-refractivity contribution is -0.133. The highest BCUT2D eigenvalue weighted by molar-refractivity contribution is 8.03. The fourth-order valence-electron chi connectivity index (χ4n) is 0.965. The van der Waals surface area contributed by atoms with E-state index < -0.39 is 5.97 Å². The van der Waals surface area contributed by atoms with Crippen LogP contribution in [0.15, 0.2) is 10.7 Å². The molecule has 0 heterocycles. The Morgan fingerprint density at radius 2 is 2.15 bits per heavy atom. The van der Waals surface area contributed by atoms with Gasteiger partial charge in [0.1, 0.15) is 0 Å². The Hall–Kier alpha value is -0.880. The molecule has 0 aromatic rings. The zero-order valence-electron chi connectivity index (χ0n) is 7.12. The molecule has 1 rings (SSSR count). The van der Waals surface area contributed by atoms with E-state index in [-0.39, 0.29) is 10.7 Å². The van der Waals surface area contributed by atoms with Gasteiger partial charge in [-0.3, -0.25) is 5.84 Å². The number of carboxylic acid groups (broad SMARTS) is 1. The summed E-state index contributed by atoms with van der Waals surface area (Å²) in [5.74, 6) is 3.91. The average Bonchev–Trinajstić information content (AvgIpc) is 1.97. The highest BCUT2D eigenvalue weighted by Crippen LogP contribution is 2.34. The number of nitrogens with one attached hydrogen (secondary N) is 1. The Balaban J connectivity index is 2.57. The zero-order chi connectivity index (χ0) is 9.84. The molecule has 0 aromatic heterocycles. The van der Waals surface area contributed by atoms with Crippen molar-refractivity contribution in [3.05, 3.63) is 10.7 Å². The summed E-state index contributed by atoms with van der Waals surface area (Å²) in [5, 5.41) is 9.38. The molecule has 1 fully saturated rings. The molecule has 0 atom stereocenters. The minimum atomic E-state index is -1.12. The van der Waals surface area contributed by atoms with E-state index in [1.54, 1.807) is 0 Å². The minimum Gasteiger partial charge on any atom is -0.476 e. The number of carboxylic acids is 1. The summed E-state index contributed by atoms with van der Waals surface area (Å²) in [5.41, 5.74) is 7.53. The van der Waals surface area contributed by atoms with Gasteiger partial charge in [-0.05, 0) is 12.8 Å². The maximum absolute atomic E-state index is 10.6. The van der Waals surface area contributed by atoms with Crippen LogP contribution in [-0.4, -0.2) is 16.3 Å². The van der Waals surface area contributed by atoms with Gasteiger partial charge in [0.15, 0.2) is 5.70 Å². The second-order valence-electron chi connectivity index (χ2n) is 2.86. The summed E-state index contributed by atoms with van der Waals surface area (Å²) in [4.78, 5) is 10.6. The Morgan fingerprint density at radius 1 is 1.54 bits per heavy atom. The van der Waals surface area contributed by atoms with Crippen LogP contribution in [0.1, 0.15) is 19.3 Å². The molecule has 0 bridgehead atoms. The molecule has 0 amide bonds. The normalized spacial score (nSPS) is 18.8. The second kappa shape index (κ2) is 4.38. The number of aliphatic carboxylic acids is 1. The summed E-state index contributed by atoms with van der Waals surface area (Å²) in [6.45, 7) is 0. The van der Waals surface area contributed by atoms with Crippen LogP contribution in [0, 0.1) is 0 Å². The van der Waals surface area contributed by atoms with E-state index in [1.807, 2.05) is 0 Å². The number of hydrazine groups is 1. The van der Waals surface area contributed by atoms with Gasteiger partial charge in [0.25, 0.3) is 0 Å². The van der Waals surface area contributed by atoms with Crippen LogP contribution in [0.25, 0.3) is 0 Å². The first-order valence-electron chi connectivity index (χ1n) is 4.01. The average molecular weight is 203 g/mol. The summed E-state index contributed by atoms with van der Waals surface area (Å²) in [6.07, 6.45) is 3.40. The van der Waals surface area contributed by atoms with E-state index in [0.717, 1.165) is 12.8 Å². The Labute approximate surface area is 80.5 Å². The van der Waals surface area contributed by atoms with Crippen LogP contribution in [-0.2, 0) is 4.79 Å². The summed E-state index contributed by atoms with van der Waals surface area (Å²) < 4.78 is 0. The van der Waals surface area contributed by atoms with Crippen LogP contribution in [0.4, 0.5) is 0 Å². The van der Waals surface area contributed by atoms with Gasteiger partial charge in [-0.2, -0.15) is 0 Å². The molecule has 0 spiro atoms. The molecule has 0 aromatic carbocycles. The third-order valence-corrected chi connectivity index (χ3v) is 3.21. The van der Waals surface area contributed by atoms with Gasteiger partial charge in [-0.15, -0.1) is 11.8 Å². The molecule has 13 heavy (non-hydrogen) atoms. The Kier molecular flexibility index (Phi) is 3.44. The topological polar surface area (TPSA) is 101 Å². The quantitative estimate of drug-likeness (QED) is 0.290. The SMILES string of the molecule is NN/C(C(=O)O)=C(\N)SC1CCC1. The number of hydrogen-bond acceptors (Lipinski definition) is 5. The van der Waals surface area contributed by atoms with Gasteiger partial charge in [0.05, 0.1) is 5.03 Å². The third kappa shape index (κ3) is 2.53.